The molecule has 0 saturated carbocycles. The quantitative estimate of drug-likeness (QED) is 0.263. The molecule has 0 aromatic heterocycles. The Labute approximate surface area is 201 Å². The van der Waals surface area contributed by atoms with Crippen LogP contribution in [0.25, 0.3) is 0 Å². The second-order valence-corrected chi connectivity index (χ2v) is 7.49. The van der Waals surface area contributed by atoms with E-state index in [0.717, 1.165) is 39.1 Å². The van der Waals surface area contributed by atoms with Gasteiger partial charge in [-0.2, -0.15) is 8.78 Å². The minimum absolute atomic E-state index is 0. The fourth-order valence-electron chi connectivity index (χ4n) is 3.23. The van der Waals surface area contributed by atoms with Crippen molar-refractivity contribution in [2.45, 2.75) is 39.5 Å². The Morgan fingerprint density at radius 1 is 1.19 bits per heavy atom. The highest BCUT2D eigenvalue weighted by Crippen LogP contribution is 2.26. The van der Waals surface area contributed by atoms with Crippen LogP contribution in [0.1, 0.15) is 25.8 Å². The summed E-state index contributed by atoms with van der Waals surface area (Å²) >= 11 is 0. The highest BCUT2D eigenvalue weighted by atomic mass is 127. The average Bonchev–Trinajstić information content (AvgIpc) is 2.73. The van der Waals surface area contributed by atoms with E-state index in [1.165, 1.54) is 6.07 Å². The minimum Gasteiger partial charge on any atom is -0.493 e. The van der Waals surface area contributed by atoms with Crippen molar-refractivity contribution in [1.82, 2.24) is 20.4 Å². The minimum atomic E-state index is -2.90. The molecule has 2 N–H and O–H groups in total. The van der Waals surface area contributed by atoms with E-state index in [1.54, 1.807) is 19.2 Å². The molecule has 0 bridgehead atoms. The van der Waals surface area contributed by atoms with Crippen molar-refractivity contribution in [3.63, 3.8) is 0 Å². The number of aliphatic imine (C=N–C) groups is 1. The molecule has 2 rings (SSSR count). The molecule has 0 radical (unpaired) electrons. The van der Waals surface area contributed by atoms with Crippen LogP contribution in [0.3, 0.4) is 0 Å². The summed E-state index contributed by atoms with van der Waals surface area (Å²) in [4.78, 5) is 9.01. The third-order valence-corrected chi connectivity index (χ3v) is 5.12. The molecule has 1 saturated heterocycles. The molecule has 1 heterocycles. The van der Waals surface area contributed by atoms with E-state index in [0.29, 0.717) is 36.5 Å². The van der Waals surface area contributed by atoms with Crippen LogP contribution in [0.4, 0.5) is 8.78 Å². The monoisotopic (exact) mass is 555 g/mol. The van der Waals surface area contributed by atoms with Gasteiger partial charge < -0.3 is 25.0 Å². The molecule has 0 spiro atoms. The lowest BCUT2D eigenvalue weighted by Crippen LogP contribution is -2.52. The molecular formula is C21H36F2IN5O2. The normalized spacial score (nSPS) is 16.5. The van der Waals surface area contributed by atoms with Crippen molar-refractivity contribution in [2.75, 3.05) is 53.4 Å². The van der Waals surface area contributed by atoms with Gasteiger partial charge in [0.25, 0.3) is 0 Å². The molecule has 1 unspecified atom stereocenters. The molecule has 31 heavy (non-hydrogen) atoms. The summed E-state index contributed by atoms with van der Waals surface area (Å²) in [5, 5.41) is 6.49. The maximum absolute atomic E-state index is 12.8. The first kappa shape index (κ1) is 27.6. The van der Waals surface area contributed by atoms with E-state index in [4.69, 9.17) is 9.47 Å². The third kappa shape index (κ3) is 9.73. The van der Waals surface area contributed by atoms with Crippen molar-refractivity contribution in [3.05, 3.63) is 23.8 Å². The number of alkyl halides is 2. The van der Waals surface area contributed by atoms with Crippen molar-refractivity contribution in [1.29, 1.82) is 0 Å². The second kappa shape index (κ2) is 14.6. The van der Waals surface area contributed by atoms with Gasteiger partial charge in [-0.1, -0.05) is 6.92 Å². The Hall–Kier alpha value is -1.40. The number of piperazine rings is 1. The number of guanidine groups is 1. The number of likely N-dealkylation sites (N-methyl/N-ethyl adjacent to an activating group) is 1. The third-order valence-electron chi connectivity index (χ3n) is 5.12. The van der Waals surface area contributed by atoms with Crippen molar-refractivity contribution in [3.8, 4) is 11.5 Å². The fourth-order valence-corrected chi connectivity index (χ4v) is 3.23. The molecule has 1 aromatic rings. The Kier molecular flexibility index (Phi) is 13.0. The smallest absolute Gasteiger partial charge is 0.387 e. The van der Waals surface area contributed by atoms with Crippen LogP contribution < -0.4 is 20.1 Å². The van der Waals surface area contributed by atoms with Crippen molar-refractivity contribution in [2.24, 2.45) is 4.99 Å². The highest BCUT2D eigenvalue weighted by molar-refractivity contribution is 14.0. The van der Waals surface area contributed by atoms with E-state index in [-0.39, 0.29) is 29.7 Å². The first-order valence-corrected chi connectivity index (χ1v) is 10.5. The van der Waals surface area contributed by atoms with Gasteiger partial charge in [-0.05, 0) is 32.5 Å². The molecular weight excluding hydrogens is 519 g/mol. The van der Waals surface area contributed by atoms with Gasteiger partial charge in [-0.3, -0.25) is 9.89 Å². The van der Waals surface area contributed by atoms with Gasteiger partial charge in [-0.25, -0.2) is 0 Å². The summed E-state index contributed by atoms with van der Waals surface area (Å²) in [6.07, 6.45) is 0.836. The van der Waals surface area contributed by atoms with Gasteiger partial charge in [0.1, 0.15) is 11.5 Å². The predicted molar refractivity (Wildman–Crippen MR) is 131 cm³/mol. The molecule has 1 aliphatic heterocycles. The second-order valence-electron chi connectivity index (χ2n) is 7.49. The first-order valence-electron chi connectivity index (χ1n) is 10.5. The summed E-state index contributed by atoms with van der Waals surface area (Å²) in [5.74, 6) is 1.23. The summed E-state index contributed by atoms with van der Waals surface area (Å²) in [6, 6.07) is 5.36. The fraction of sp³-hybridized carbons (Fsp3) is 0.667. The van der Waals surface area contributed by atoms with Crippen LogP contribution in [0.2, 0.25) is 0 Å². The van der Waals surface area contributed by atoms with E-state index >= 15 is 0 Å². The Morgan fingerprint density at radius 2 is 1.90 bits per heavy atom. The van der Waals surface area contributed by atoms with Crippen LogP contribution in [0.15, 0.2) is 23.2 Å². The zero-order valence-electron chi connectivity index (χ0n) is 18.9. The molecule has 10 heteroatoms. The number of nitrogens with zero attached hydrogens (tertiary/aromatic N) is 3. The number of rotatable bonds is 10. The summed E-state index contributed by atoms with van der Waals surface area (Å²) < 4.78 is 35.9. The van der Waals surface area contributed by atoms with Gasteiger partial charge >= 0.3 is 6.61 Å². The van der Waals surface area contributed by atoms with Crippen molar-refractivity contribution < 1.29 is 18.3 Å². The van der Waals surface area contributed by atoms with Crippen molar-refractivity contribution >= 4 is 29.9 Å². The lowest BCUT2D eigenvalue weighted by atomic mass is 10.2. The molecule has 1 fully saturated rings. The van der Waals surface area contributed by atoms with E-state index in [2.05, 4.69) is 39.4 Å². The maximum atomic E-state index is 12.8. The molecule has 178 valence electrons. The van der Waals surface area contributed by atoms with E-state index in [9.17, 15) is 8.78 Å². The maximum Gasteiger partial charge on any atom is 0.387 e. The Morgan fingerprint density at radius 3 is 2.52 bits per heavy atom. The molecule has 1 aliphatic rings. The molecule has 0 aliphatic carbocycles. The van der Waals surface area contributed by atoms with Gasteiger partial charge in [0, 0.05) is 64.0 Å². The number of hydrogen-bond donors (Lipinski definition) is 2. The number of benzene rings is 1. The number of nitrogens with one attached hydrogen (secondary N) is 2. The van der Waals surface area contributed by atoms with E-state index in [1.807, 2.05) is 6.92 Å². The number of hydrogen-bond acceptors (Lipinski definition) is 5. The molecule has 1 atom stereocenters. The van der Waals surface area contributed by atoms with Crippen LogP contribution in [-0.2, 0) is 6.54 Å². The molecule has 0 amide bonds. The predicted octanol–water partition coefficient (Wildman–Crippen LogP) is 3.00. The lowest BCUT2D eigenvalue weighted by Gasteiger charge is -2.36. The van der Waals surface area contributed by atoms with Crippen LogP contribution in [0, 0.1) is 0 Å². The number of halogens is 3. The summed E-state index contributed by atoms with van der Waals surface area (Å²) in [6.45, 7) is 7.09. The summed E-state index contributed by atoms with van der Waals surface area (Å²) in [7, 11) is 3.83. The van der Waals surface area contributed by atoms with Crippen LogP contribution >= 0.6 is 24.0 Å². The zero-order valence-corrected chi connectivity index (χ0v) is 21.2. The standard InChI is InChI=1S/C21H35F2N5O2.HI/c1-5-12-29-18-7-6-17(19(13-18)30-20(22)23)15-26-21(24-3)25-14-16(2)28-10-8-27(4)9-11-28;/h6-7,13,16,20H,5,8-12,14-15H2,1-4H3,(H2,24,25,26);1H. The Balaban J connectivity index is 0.00000480. The SMILES string of the molecule is CCCOc1ccc(CNC(=NC)NCC(C)N2CCN(C)CC2)c(OC(F)F)c1.I. The van der Waals surface area contributed by atoms with E-state index < -0.39 is 6.61 Å². The van der Waals surface area contributed by atoms with Gasteiger partial charge in [0.2, 0.25) is 0 Å². The zero-order chi connectivity index (χ0) is 21.9. The molecule has 1 aromatic carbocycles. The summed E-state index contributed by atoms with van der Waals surface area (Å²) in [5.41, 5.74) is 0.606. The number of ether oxygens (including phenoxy) is 2. The van der Waals surface area contributed by atoms with Crippen LogP contribution in [0.5, 0.6) is 11.5 Å². The highest BCUT2D eigenvalue weighted by Gasteiger charge is 2.19. The van der Waals surface area contributed by atoms with Gasteiger partial charge in [0.05, 0.1) is 6.61 Å². The van der Waals surface area contributed by atoms with Crippen LogP contribution in [-0.4, -0.2) is 81.8 Å². The average molecular weight is 555 g/mol. The lowest BCUT2D eigenvalue weighted by molar-refractivity contribution is -0.0505. The Bertz CT molecular complexity index is 673. The molecule has 7 nitrogen and oxygen atoms in total. The first-order chi connectivity index (χ1) is 14.4. The largest absolute Gasteiger partial charge is 0.493 e. The van der Waals surface area contributed by atoms with Gasteiger partial charge in [0.15, 0.2) is 5.96 Å². The topological polar surface area (TPSA) is 61.4 Å². The van der Waals surface area contributed by atoms with Gasteiger partial charge in [-0.15, -0.1) is 24.0 Å².